The highest BCUT2D eigenvalue weighted by Gasteiger charge is 2.11. The Balaban J connectivity index is 1.92. The number of hydrogen-bond donors (Lipinski definition) is 1. The summed E-state index contributed by atoms with van der Waals surface area (Å²) in [6.45, 7) is 3.84. The quantitative estimate of drug-likeness (QED) is 0.898. The second-order valence-corrected chi connectivity index (χ2v) is 4.35. The monoisotopic (exact) mass is 244 g/mol. The standard InChI is InChI=1S/C14H16N2O2/c1-10-5-6-12(9-15-10)14(17)16-11(2)8-13-4-3-7-18-13/h3-7,9,11H,8H2,1-2H3,(H,16,17)/t11-/m0/s1. The van der Waals surface area contributed by atoms with Crippen LogP contribution in [0.5, 0.6) is 0 Å². The van der Waals surface area contributed by atoms with Crippen LogP contribution in [0.1, 0.15) is 28.7 Å². The Labute approximate surface area is 106 Å². The van der Waals surface area contributed by atoms with Crippen LogP contribution in [0.4, 0.5) is 0 Å². The van der Waals surface area contributed by atoms with Crippen LogP contribution in [0.15, 0.2) is 41.1 Å². The van der Waals surface area contributed by atoms with E-state index < -0.39 is 0 Å². The van der Waals surface area contributed by atoms with Crippen molar-refractivity contribution in [1.82, 2.24) is 10.3 Å². The number of carbonyl (C=O) groups is 1. The minimum atomic E-state index is -0.110. The van der Waals surface area contributed by atoms with Crippen molar-refractivity contribution >= 4 is 5.91 Å². The molecule has 2 heterocycles. The summed E-state index contributed by atoms with van der Waals surface area (Å²) in [5.41, 5.74) is 1.47. The largest absolute Gasteiger partial charge is 0.469 e. The van der Waals surface area contributed by atoms with Crippen molar-refractivity contribution < 1.29 is 9.21 Å². The maximum atomic E-state index is 11.9. The Morgan fingerprint density at radius 1 is 1.44 bits per heavy atom. The fourth-order valence-electron chi connectivity index (χ4n) is 1.69. The number of nitrogens with one attached hydrogen (secondary N) is 1. The highest BCUT2D eigenvalue weighted by Crippen LogP contribution is 2.05. The molecule has 0 saturated carbocycles. The molecule has 2 aromatic heterocycles. The van der Waals surface area contributed by atoms with Crippen molar-refractivity contribution in [3.8, 4) is 0 Å². The van der Waals surface area contributed by atoms with Gasteiger partial charge in [0.1, 0.15) is 5.76 Å². The van der Waals surface area contributed by atoms with Crippen LogP contribution in [0.3, 0.4) is 0 Å². The normalized spacial score (nSPS) is 12.1. The van der Waals surface area contributed by atoms with E-state index >= 15 is 0 Å². The van der Waals surface area contributed by atoms with Crippen molar-refractivity contribution in [2.24, 2.45) is 0 Å². The number of carbonyl (C=O) groups excluding carboxylic acids is 1. The molecular formula is C14H16N2O2. The van der Waals surface area contributed by atoms with Gasteiger partial charge in [-0.25, -0.2) is 0 Å². The summed E-state index contributed by atoms with van der Waals surface area (Å²) in [6.07, 6.45) is 3.90. The maximum absolute atomic E-state index is 11.9. The van der Waals surface area contributed by atoms with Gasteiger partial charge in [0.15, 0.2) is 0 Å². The van der Waals surface area contributed by atoms with E-state index in [9.17, 15) is 4.79 Å². The molecule has 0 aliphatic carbocycles. The zero-order chi connectivity index (χ0) is 13.0. The third-order valence-corrected chi connectivity index (χ3v) is 2.64. The number of amides is 1. The van der Waals surface area contributed by atoms with E-state index in [1.807, 2.05) is 32.0 Å². The average Bonchev–Trinajstić information content (AvgIpc) is 2.82. The Morgan fingerprint density at radius 2 is 2.28 bits per heavy atom. The second-order valence-electron chi connectivity index (χ2n) is 4.35. The fraction of sp³-hybridized carbons (Fsp3) is 0.286. The van der Waals surface area contributed by atoms with E-state index in [0.29, 0.717) is 12.0 Å². The summed E-state index contributed by atoms with van der Waals surface area (Å²) < 4.78 is 5.24. The van der Waals surface area contributed by atoms with Crippen LogP contribution in [-0.2, 0) is 6.42 Å². The molecule has 1 amide bonds. The molecule has 0 saturated heterocycles. The molecule has 2 rings (SSSR count). The van der Waals surface area contributed by atoms with Gasteiger partial charge in [-0.1, -0.05) is 0 Å². The van der Waals surface area contributed by atoms with E-state index in [0.717, 1.165) is 11.5 Å². The van der Waals surface area contributed by atoms with E-state index in [1.165, 1.54) is 0 Å². The minimum Gasteiger partial charge on any atom is -0.469 e. The van der Waals surface area contributed by atoms with E-state index in [4.69, 9.17) is 4.42 Å². The zero-order valence-corrected chi connectivity index (χ0v) is 10.5. The lowest BCUT2D eigenvalue weighted by molar-refractivity contribution is 0.0939. The molecule has 0 fully saturated rings. The molecule has 18 heavy (non-hydrogen) atoms. The van der Waals surface area contributed by atoms with Gasteiger partial charge in [-0.15, -0.1) is 0 Å². The van der Waals surface area contributed by atoms with Crippen molar-refractivity contribution in [2.75, 3.05) is 0 Å². The maximum Gasteiger partial charge on any atom is 0.253 e. The van der Waals surface area contributed by atoms with Crippen molar-refractivity contribution in [1.29, 1.82) is 0 Å². The second kappa shape index (κ2) is 5.49. The molecule has 0 aliphatic heterocycles. The number of rotatable bonds is 4. The molecule has 0 bridgehead atoms. The van der Waals surface area contributed by atoms with Gasteiger partial charge in [-0.3, -0.25) is 9.78 Å². The summed E-state index contributed by atoms with van der Waals surface area (Å²) in [7, 11) is 0. The first-order valence-electron chi connectivity index (χ1n) is 5.91. The third-order valence-electron chi connectivity index (χ3n) is 2.64. The average molecular weight is 244 g/mol. The molecule has 4 nitrogen and oxygen atoms in total. The Hall–Kier alpha value is -2.10. The van der Waals surface area contributed by atoms with Gasteiger partial charge in [0, 0.05) is 24.4 Å². The highest BCUT2D eigenvalue weighted by molar-refractivity contribution is 5.94. The molecule has 94 valence electrons. The van der Waals surface area contributed by atoms with Gasteiger partial charge >= 0.3 is 0 Å². The van der Waals surface area contributed by atoms with E-state index in [1.54, 1.807) is 18.5 Å². The van der Waals surface area contributed by atoms with Crippen molar-refractivity contribution in [3.63, 3.8) is 0 Å². The van der Waals surface area contributed by atoms with E-state index in [-0.39, 0.29) is 11.9 Å². The first-order valence-corrected chi connectivity index (χ1v) is 5.91. The van der Waals surface area contributed by atoms with Crippen LogP contribution in [0, 0.1) is 6.92 Å². The summed E-state index contributed by atoms with van der Waals surface area (Å²) in [6, 6.07) is 7.36. The first kappa shape index (κ1) is 12.4. The van der Waals surface area contributed by atoms with E-state index in [2.05, 4.69) is 10.3 Å². The molecule has 4 heteroatoms. The molecule has 0 spiro atoms. The molecule has 1 atom stereocenters. The number of furan rings is 1. The van der Waals surface area contributed by atoms with Gasteiger partial charge in [-0.2, -0.15) is 0 Å². The number of pyridine rings is 1. The summed E-state index contributed by atoms with van der Waals surface area (Å²) in [5, 5.41) is 2.91. The molecule has 1 N–H and O–H groups in total. The lowest BCUT2D eigenvalue weighted by atomic mass is 10.1. The predicted molar refractivity (Wildman–Crippen MR) is 68.3 cm³/mol. The topological polar surface area (TPSA) is 55.1 Å². The number of hydrogen-bond acceptors (Lipinski definition) is 3. The molecule has 0 unspecified atom stereocenters. The first-order chi connectivity index (χ1) is 8.65. The van der Waals surface area contributed by atoms with Crippen molar-refractivity contribution in [2.45, 2.75) is 26.3 Å². The van der Waals surface area contributed by atoms with Crippen LogP contribution < -0.4 is 5.32 Å². The smallest absolute Gasteiger partial charge is 0.253 e. The Bertz CT molecular complexity index is 503. The number of aryl methyl sites for hydroxylation is 1. The Morgan fingerprint density at radius 3 is 2.89 bits per heavy atom. The van der Waals surface area contributed by atoms with Crippen LogP contribution in [0.2, 0.25) is 0 Å². The number of nitrogens with zero attached hydrogens (tertiary/aromatic N) is 1. The summed E-state index contributed by atoms with van der Waals surface area (Å²) in [5.74, 6) is 0.756. The third kappa shape index (κ3) is 3.20. The zero-order valence-electron chi connectivity index (χ0n) is 10.5. The summed E-state index contributed by atoms with van der Waals surface area (Å²) in [4.78, 5) is 16.0. The SMILES string of the molecule is Cc1ccc(C(=O)N[C@@H](C)Cc2ccco2)cn1. The Kier molecular flexibility index (Phi) is 3.77. The van der Waals surface area contributed by atoms with Crippen molar-refractivity contribution in [3.05, 3.63) is 53.7 Å². The molecule has 0 aromatic carbocycles. The van der Waals surface area contributed by atoms with Gasteiger partial charge < -0.3 is 9.73 Å². The molecule has 2 aromatic rings. The minimum absolute atomic E-state index is 0.0185. The lowest BCUT2D eigenvalue weighted by Gasteiger charge is -2.12. The fourth-order valence-corrected chi connectivity index (χ4v) is 1.69. The lowest BCUT2D eigenvalue weighted by Crippen LogP contribution is -2.34. The van der Waals surface area contributed by atoms with Gasteiger partial charge in [0.2, 0.25) is 0 Å². The summed E-state index contributed by atoms with van der Waals surface area (Å²) >= 11 is 0. The van der Waals surface area contributed by atoms with Gasteiger partial charge in [0.25, 0.3) is 5.91 Å². The molecule has 0 radical (unpaired) electrons. The van der Waals surface area contributed by atoms with Gasteiger partial charge in [-0.05, 0) is 38.1 Å². The van der Waals surface area contributed by atoms with Crippen LogP contribution in [-0.4, -0.2) is 16.9 Å². The molecule has 0 aliphatic rings. The number of aromatic nitrogens is 1. The van der Waals surface area contributed by atoms with Gasteiger partial charge in [0.05, 0.1) is 11.8 Å². The van der Waals surface area contributed by atoms with Crippen LogP contribution >= 0.6 is 0 Å². The van der Waals surface area contributed by atoms with Crippen LogP contribution in [0.25, 0.3) is 0 Å². The highest BCUT2D eigenvalue weighted by atomic mass is 16.3. The predicted octanol–water partition coefficient (Wildman–Crippen LogP) is 2.34. The molecular weight excluding hydrogens is 228 g/mol.